The van der Waals surface area contributed by atoms with Crippen LogP contribution >= 0.6 is 15.9 Å². The van der Waals surface area contributed by atoms with E-state index in [0.717, 1.165) is 0 Å². The average molecular weight is 298 g/mol. The first kappa shape index (κ1) is 12.0. The average Bonchev–Trinajstić information content (AvgIpc) is 2.29. The zero-order valence-corrected chi connectivity index (χ0v) is 10.4. The van der Waals surface area contributed by atoms with E-state index in [1.807, 2.05) is 0 Å². The molecule has 0 amide bonds. The molecule has 0 aromatic heterocycles. The maximum absolute atomic E-state index is 14.2. The second-order valence-corrected chi connectivity index (χ2v) is 4.63. The Morgan fingerprint density at radius 2 is 1.53 bits per heavy atom. The van der Waals surface area contributed by atoms with Crippen molar-refractivity contribution in [2.75, 3.05) is 5.73 Å². The van der Waals surface area contributed by atoms with Gasteiger partial charge >= 0.3 is 0 Å². The highest BCUT2D eigenvalue weighted by Crippen LogP contribution is 2.37. The lowest BCUT2D eigenvalue weighted by atomic mass is 10.00. The predicted molar refractivity (Wildman–Crippen MR) is 68.0 cm³/mol. The molecule has 2 rings (SSSR count). The van der Waals surface area contributed by atoms with Gasteiger partial charge in [0.05, 0.1) is 0 Å². The van der Waals surface area contributed by atoms with Crippen LogP contribution < -0.4 is 5.73 Å². The van der Waals surface area contributed by atoms with E-state index >= 15 is 0 Å². The summed E-state index contributed by atoms with van der Waals surface area (Å²) in [5.41, 5.74) is 5.69. The Morgan fingerprint density at radius 1 is 0.941 bits per heavy atom. The van der Waals surface area contributed by atoms with Crippen molar-refractivity contribution in [3.63, 3.8) is 0 Å². The molecule has 0 aliphatic heterocycles. The number of rotatable bonds is 2. The van der Waals surface area contributed by atoms with Gasteiger partial charge < -0.3 is 5.73 Å². The van der Waals surface area contributed by atoms with E-state index < -0.39 is 5.92 Å². The zero-order valence-electron chi connectivity index (χ0n) is 8.83. The molecule has 2 aromatic rings. The summed E-state index contributed by atoms with van der Waals surface area (Å²) in [4.78, 5) is 0. The molecule has 1 nitrogen and oxygen atoms in total. The van der Waals surface area contributed by atoms with Crippen LogP contribution in [-0.4, -0.2) is 0 Å². The molecular formula is C13H10BrF2N. The molecule has 0 heterocycles. The van der Waals surface area contributed by atoms with Crippen LogP contribution in [-0.2, 0) is 5.92 Å². The van der Waals surface area contributed by atoms with Crippen LogP contribution in [0.3, 0.4) is 0 Å². The zero-order chi connectivity index (χ0) is 12.5. The van der Waals surface area contributed by atoms with Crippen molar-refractivity contribution in [1.29, 1.82) is 0 Å². The highest BCUT2D eigenvalue weighted by molar-refractivity contribution is 9.10. The molecule has 4 heteroatoms. The first-order valence-electron chi connectivity index (χ1n) is 5.00. The number of nitrogens with two attached hydrogens (primary N) is 1. The van der Waals surface area contributed by atoms with Crippen molar-refractivity contribution in [1.82, 2.24) is 0 Å². The molecule has 0 spiro atoms. The highest BCUT2D eigenvalue weighted by Gasteiger charge is 2.34. The van der Waals surface area contributed by atoms with Gasteiger partial charge in [-0.15, -0.1) is 0 Å². The summed E-state index contributed by atoms with van der Waals surface area (Å²) in [6.45, 7) is 0. The number of hydrogen-bond donors (Lipinski definition) is 1. The number of halogens is 3. The standard InChI is InChI=1S/C13H10BrF2N/c14-11-5-1-3-9(7-11)13(15,16)10-4-2-6-12(17)8-10/h1-8H,17H2. The molecule has 0 atom stereocenters. The van der Waals surface area contributed by atoms with Gasteiger partial charge in [0.25, 0.3) is 5.92 Å². The van der Waals surface area contributed by atoms with Gasteiger partial charge in [-0.05, 0) is 24.3 Å². The lowest BCUT2D eigenvalue weighted by Gasteiger charge is -2.17. The summed E-state index contributed by atoms with van der Waals surface area (Å²) < 4.78 is 29.0. The fourth-order valence-corrected chi connectivity index (χ4v) is 1.98. The molecule has 0 aliphatic carbocycles. The fourth-order valence-electron chi connectivity index (χ4n) is 1.58. The van der Waals surface area contributed by atoms with Gasteiger partial charge in [0, 0.05) is 21.3 Å². The van der Waals surface area contributed by atoms with Crippen LogP contribution in [0.15, 0.2) is 53.0 Å². The first-order chi connectivity index (χ1) is 8.00. The smallest absolute Gasteiger partial charge is 0.298 e. The number of nitrogen functional groups attached to an aromatic ring is 1. The summed E-state index contributed by atoms with van der Waals surface area (Å²) in [6.07, 6.45) is 0. The molecular weight excluding hydrogens is 288 g/mol. The summed E-state index contributed by atoms with van der Waals surface area (Å²) >= 11 is 3.18. The SMILES string of the molecule is Nc1cccc(C(F)(F)c2cccc(Br)c2)c1. The Balaban J connectivity index is 2.49. The van der Waals surface area contributed by atoms with Crippen molar-refractivity contribution in [2.24, 2.45) is 0 Å². The molecule has 17 heavy (non-hydrogen) atoms. The van der Waals surface area contributed by atoms with E-state index in [4.69, 9.17) is 5.73 Å². The van der Waals surface area contributed by atoms with E-state index in [-0.39, 0.29) is 11.1 Å². The van der Waals surface area contributed by atoms with Crippen LogP contribution in [0.25, 0.3) is 0 Å². The van der Waals surface area contributed by atoms with Crippen LogP contribution in [0.1, 0.15) is 11.1 Å². The Labute approximate surface area is 106 Å². The monoisotopic (exact) mass is 297 g/mol. The van der Waals surface area contributed by atoms with E-state index in [1.165, 1.54) is 30.3 Å². The molecule has 0 unspecified atom stereocenters. The van der Waals surface area contributed by atoms with E-state index in [1.54, 1.807) is 18.2 Å². The third-order valence-electron chi connectivity index (χ3n) is 2.44. The molecule has 0 saturated carbocycles. The van der Waals surface area contributed by atoms with Gasteiger partial charge in [-0.2, -0.15) is 8.78 Å². The lowest BCUT2D eigenvalue weighted by molar-refractivity contribution is 0.0428. The summed E-state index contributed by atoms with van der Waals surface area (Å²) in [7, 11) is 0. The van der Waals surface area contributed by atoms with E-state index in [0.29, 0.717) is 10.2 Å². The fraction of sp³-hybridized carbons (Fsp3) is 0.0769. The second-order valence-electron chi connectivity index (χ2n) is 3.71. The quantitative estimate of drug-likeness (QED) is 0.827. The van der Waals surface area contributed by atoms with Gasteiger partial charge in [0.1, 0.15) is 0 Å². The van der Waals surface area contributed by atoms with E-state index in [9.17, 15) is 8.78 Å². The largest absolute Gasteiger partial charge is 0.399 e. The maximum Gasteiger partial charge on any atom is 0.298 e. The van der Waals surface area contributed by atoms with Gasteiger partial charge in [0.2, 0.25) is 0 Å². The summed E-state index contributed by atoms with van der Waals surface area (Å²) in [6, 6.07) is 11.9. The van der Waals surface area contributed by atoms with Crippen LogP contribution in [0.4, 0.5) is 14.5 Å². The number of anilines is 1. The number of benzene rings is 2. The third-order valence-corrected chi connectivity index (χ3v) is 2.93. The molecule has 0 aliphatic rings. The Hall–Kier alpha value is -1.42. The van der Waals surface area contributed by atoms with Crippen molar-refractivity contribution < 1.29 is 8.78 Å². The van der Waals surface area contributed by atoms with Gasteiger partial charge in [-0.25, -0.2) is 0 Å². The van der Waals surface area contributed by atoms with Crippen LogP contribution in [0.2, 0.25) is 0 Å². The van der Waals surface area contributed by atoms with Crippen molar-refractivity contribution in [3.05, 3.63) is 64.1 Å². The Kier molecular flexibility index (Phi) is 3.15. The van der Waals surface area contributed by atoms with Gasteiger partial charge in [-0.1, -0.05) is 40.2 Å². The Morgan fingerprint density at radius 3 is 2.12 bits per heavy atom. The minimum Gasteiger partial charge on any atom is -0.399 e. The second kappa shape index (κ2) is 4.45. The van der Waals surface area contributed by atoms with Crippen LogP contribution in [0.5, 0.6) is 0 Å². The first-order valence-corrected chi connectivity index (χ1v) is 5.79. The highest BCUT2D eigenvalue weighted by atomic mass is 79.9. The minimum atomic E-state index is -3.04. The minimum absolute atomic E-state index is 0.0579. The molecule has 0 saturated heterocycles. The van der Waals surface area contributed by atoms with Crippen LogP contribution in [0, 0.1) is 0 Å². The maximum atomic E-state index is 14.2. The van der Waals surface area contributed by atoms with E-state index in [2.05, 4.69) is 15.9 Å². The lowest BCUT2D eigenvalue weighted by Crippen LogP contribution is -2.15. The number of alkyl halides is 2. The molecule has 2 aromatic carbocycles. The van der Waals surface area contributed by atoms with Gasteiger partial charge in [-0.3, -0.25) is 0 Å². The Bertz CT molecular complexity index is 493. The third kappa shape index (κ3) is 2.47. The molecule has 0 radical (unpaired) electrons. The molecule has 2 N–H and O–H groups in total. The normalized spacial score (nSPS) is 11.5. The van der Waals surface area contributed by atoms with Crippen molar-refractivity contribution in [3.8, 4) is 0 Å². The number of hydrogen-bond acceptors (Lipinski definition) is 1. The molecule has 88 valence electrons. The summed E-state index contributed by atoms with van der Waals surface area (Å²) in [5.74, 6) is -3.04. The molecule has 0 fully saturated rings. The predicted octanol–water partition coefficient (Wildman–Crippen LogP) is 4.17. The molecule has 0 bridgehead atoms. The van der Waals surface area contributed by atoms with Gasteiger partial charge in [0.15, 0.2) is 0 Å². The summed E-state index contributed by atoms with van der Waals surface area (Å²) in [5, 5.41) is 0. The topological polar surface area (TPSA) is 26.0 Å². The van der Waals surface area contributed by atoms with Crippen molar-refractivity contribution in [2.45, 2.75) is 5.92 Å². The van der Waals surface area contributed by atoms with Crippen molar-refractivity contribution >= 4 is 21.6 Å².